The molecule has 106 valence electrons. The first kappa shape index (κ1) is 15.1. The zero-order chi connectivity index (χ0) is 14.7. The first-order valence-corrected chi connectivity index (χ1v) is 6.86. The summed E-state index contributed by atoms with van der Waals surface area (Å²) < 4.78 is 18.8. The molecule has 0 saturated heterocycles. The molecule has 0 aromatic heterocycles. The van der Waals surface area contributed by atoms with E-state index >= 15 is 0 Å². The number of benzene rings is 2. The van der Waals surface area contributed by atoms with Crippen LogP contribution in [0.5, 0.6) is 5.75 Å². The summed E-state index contributed by atoms with van der Waals surface area (Å²) in [4.78, 5) is 0. The van der Waals surface area contributed by atoms with Gasteiger partial charge in [0.05, 0.1) is 5.02 Å². The maximum absolute atomic E-state index is 13.0. The molecule has 0 fully saturated rings. The van der Waals surface area contributed by atoms with Gasteiger partial charge in [-0.3, -0.25) is 0 Å². The fourth-order valence-corrected chi connectivity index (χ4v) is 2.18. The Morgan fingerprint density at radius 2 is 1.75 bits per heavy atom. The van der Waals surface area contributed by atoms with E-state index in [1.54, 1.807) is 30.3 Å². The van der Waals surface area contributed by atoms with E-state index in [0.29, 0.717) is 15.8 Å². The fraction of sp³-hybridized carbons (Fsp3) is 0.200. The lowest BCUT2D eigenvalue weighted by Gasteiger charge is -2.23. The van der Waals surface area contributed by atoms with Crippen LogP contribution in [0.15, 0.2) is 42.5 Å². The van der Waals surface area contributed by atoms with Crippen molar-refractivity contribution in [2.75, 3.05) is 0 Å². The van der Waals surface area contributed by atoms with Crippen molar-refractivity contribution in [1.82, 2.24) is 0 Å². The van der Waals surface area contributed by atoms with Crippen LogP contribution in [0.1, 0.15) is 18.6 Å². The van der Waals surface area contributed by atoms with Gasteiger partial charge in [0.25, 0.3) is 0 Å². The Labute approximate surface area is 127 Å². The molecule has 0 aliphatic rings. The molecule has 2 rings (SSSR count). The lowest BCUT2D eigenvalue weighted by molar-refractivity contribution is 0.180. The second-order valence-electron chi connectivity index (χ2n) is 4.50. The molecule has 0 aliphatic heterocycles. The van der Waals surface area contributed by atoms with Crippen LogP contribution in [0.3, 0.4) is 0 Å². The predicted molar refractivity (Wildman–Crippen MR) is 79.9 cm³/mol. The van der Waals surface area contributed by atoms with E-state index in [1.807, 2.05) is 6.92 Å². The average Bonchev–Trinajstić information content (AvgIpc) is 2.41. The summed E-state index contributed by atoms with van der Waals surface area (Å²) in [5.74, 6) is 0.142. The topological polar surface area (TPSA) is 35.2 Å². The summed E-state index contributed by atoms with van der Waals surface area (Å²) in [6, 6.07) is 10.9. The molecule has 0 aliphatic carbocycles. The van der Waals surface area contributed by atoms with Crippen molar-refractivity contribution in [3.05, 3.63) is 63.9 Å². The van der Waals surface area contributed by atoms with Crippen LogP contribution in [0, 0.1) is 5.82 Å². The predicted octanol–water partition coefficient (Wildman–Crippen LogP) is 4.60. The van der Waals surface area contributed by atoms with Gasteiger partial charge in [-0.2, -0.15) is 0 Å². The molecule has 0 saturated carbocycles. The number of nitrogens with two attached hydrogens (primary N) is 1. The van der Waals surface area contributed by atoms with Crippen molar-refractivity contribution >= 4 is 23.2 Å². The molecular weight excluding hydrogens is 300 g/mol. The van der Waals surface area contributed by atoms with Gasteiger partial charge in [0.15, 0.2) is 0 Å². The monoisotopic (exact) mass is 313 g/mol. The summed E-state index contributed by atoms with van der Waals surface area (Å²) in [7, 11) is 0. The Bertz CT molecular complexity index is 587. The lowest BCUT2D eigenvalue weighted by atomic mass is 10.0. The molecule has 0 spiro atoms. The third-order valence-corrected chi connectivity index (χ3v) is 3.65. The standard InChI is InChI=1S/C15H14Cl2FNO/c1-9(19)15(10-5-7-11(18)8-6-10)20-13-4-2-3-12(16)14(13)17/h2-9,15H,19H2,1H3. The number of hydrogen-bond donors (Lipinski definition) is 1. The molecule has 5 heteroatoms. The Morgan fingerprint density at radius 3 is 2.35 bits per heavy atom. The highest BCUT2D eigenvalue weighted by atomic mass is 35.5. The Hall–Kier alpha value is -1.29. The summed E-state index contributed by atoms with van der Waals surface area (Å²) in [6.45, 7) is 1.81. The van der Waals surface area contributed by atoms with Gasteiger partial charge in [-0.25, -0.2) is 4.39 Å². The minimum absolute atomic E-state index is 0.296. The van der Waals surface area contributed by atoms with Gasteiger partial charge >= 0.3 is 0 Å². The lowest BCUT2D eigenvalue weighted by Crippen LogP contribution is -2.29. The van der Waals surface area contributed by atoms with Crippen LogP contribution < -0.4 is 10.5 Å². The van der Waals surface area contributed by atoms with Crippen molar-refractivity contribution in [2.24, 2.45) is 5.73 Å². The van der Waals surface area contributed by atoms with Gasteiger partial charge in [-0.1, -0.05) is 41.4 Å². The molecule has 0 radical (unpaired) electrons. The van der Waals surface area contributed by atoms with Crippen LogP contribution >= 0.6 is 23.2 Å². The SMILES string of the molecule is CC(N)C(Oc1cccc(Cl)c1Cl)c1ccc(F)cc1. The molecule has 20 heavy (non-hydrogen) atoms. The molecule has 0 heterocycles. The van der Waals surface area contributed by atoms with Gasteiger partial charge in [-0.05, 0) is 36.8 Å². The highest BCUT2D eigenvalue weighted by molar-refractivity contribution is 6.42. The highest BCUT2D eigenvalue weighted by Gasteiger charge is 2.20. The third-order valence-electron chi connectivity index (χ3n) is 2.85. The van der Waals surface area contributed by atoms with E-state index in [2.05, 4.69) is 0 Å². The van der Waals surface area contributed by atoms with Gasteiger partial charge < -0.3 is 10.5 Å². The van der Waals surface area contributed by atoms with Gasteiger partial charge in [-0.15, -0.1) is 0 Å². The normalized spacial score (nSPS) is 13.8. The summed E-state index contributed by atoms with van der Waals surface area (Å²) >= 11 is 12.0. The van der Waals surface area contributed by atoms with Crippen LogP contribution in [0.2, 0.25) is 10.0 Å². The zero-order valence-electron chi connectivity index (χ0n) is 10.8. The van der Waals surface area contributed by atoms with Crippen LogP contribution in [-0.4, -0.2) is 6.04 Å². The van der Waals surface area contributed by atoms with Crippen molar-refractivity contribution in [2.45, 2.75) is 19.1 Å². The second-order valence-corrected chi connectivity index (χ2v) is 5.29. The number of rotatable bonds is 4. The summed E-state index contributed by atoms with van der Waals surface area (Å²) in [5, 5.41) is 0.744. The number of ether oxygens (including phenoxy) is 1. The van der Waals surface area contributed by atoms with Crippen molar-refractivity contribution in [3.63, 3.8) is 0 Å². The smallest absolute Gasteiger partial charge is 0.140 e. The van der Waals surface area contributed by atoms with Crippen molar-refractivity contribution in [3.8, 4) is 5.75 Å². The first-order valence-electron chi connectivity index (χ1n) is 6.10. The van der Waals surface area contributed by atoms with Crippen LogP contribution in [0.4, 0.5) is 4.39 Å². The quantitative estimate of drug-likeness (QED) is 0.895. The van der Waals surface area contributed by atoms with Gasteiger partial charge in [0, 0.05) is 6.04 Å². The minimum Gasteiger partial charge on any atom is -0.482 e. The van der Waals surface area contributed by atoms with Gasteiger partial charge in [0.1, 0.15) is 22.7 Å². The molecule has 2 aromatic carbocycles. The van der Waals surface area contributed by atoms with Crippen LogP contribution in [0.25, 0.3) is 0 Å². The van der Waals surface area contributed by atoms with Crippen molar-refractivity contribution in [1.29, 1.82) is 0 Å². The van der Waals surface area contributed by atoms with E-state index in [9.17, 15) is 4.39 Å². The molecule has 2 N–H and O–H groups in total. The van der Waals surface area contributed by atoms with Gasteiger partial charge in [0.2, 0.25) is 0 Å². The zero-order valence-corrected chi connectivity index (χ0v) is 12.3. The third kappa shape index (κ3) is 3.42. The molecular formula is C15H14Cl2FNO. The Balaban J connectivity index is 2.30. The number of halogens is 3. The van der Waals surface area contributed by atoms with E-state index in [-0.39, 0.29) is 11.9 Å². The summed E-state index contributed by atoms with van der Waals surface area (Å²) in [5.41, 5.74) is 6.72. The van der Waals surface area contributed by atoms with Crippen LogP contribution in [-0.2, 0) is 0 Å². The number of hydrogen-bond acceptors (Lipinski definition) is 2. The maximum Gasteiger partial charge on any atom is 0.140 e. The molecule has 0 amide bonds. The average molecular weight is 314 g/mol. The van der Waals surface area contributed by atoms with Crippen molar-refractivity contribution < 1.29 is 9.13 Å². The van der Waals surface area contributed by atoms with E-state index in [4.69, 9.17) is 33.7 Å². The van der Waals surface area contributed by atoms with E-state index in [0.717, 1.165) is 5.56 Å². The maximum atomic E-state index is 13.0. The largest absolute Gasteiger partial charge is 0.482 e. The Kier molecular flexibility index (Phi) is 4.86. The second kappa shape index (κ2) is 6.44. The Morgan fingerprint density at radius 1 is 1.10 bits per heavy atom. The highest BCUT2D eigenvalue weighted by Crippen LogP contribution is 2.35. The molecule has 2 unspecified atom stereocenters. The minimum atomic E-state index is -0.438. The summed E-state index contributed by atoms with van der Waals surface area (Å²) in [6.07, 6.45) is -0.438. The molecule has 2 atom stereocenters. The van der Waals surface area contributed by atoms with E-state index < -0.39 is 6.10 Å². The van der Waals surface area contributed by atoms with E-state index in [1.165, 1.54) is 12.1 Å². The molecule has 2 nitrogen and oxygen atoms in total. The molecule has 0 bridgehead atoms. The fourth-order valence-electron chi connectivity index (χ4n) is 1.84. The molecule has 2 aromatic rings. The first-order chi connectivity index (χ1) is 9.49.